The van der Waals surface area contributed by atoms with Gasteiger partial charge in [-0.25, -0.2) is 8.78 Å². The van der Waals surface area contributed by atoms with E-state index in [2.05, 4.69) is 31.9 Å². The third-order valence-corrected chi connectivity index (χ3v) is 5.09. The molecule has 0 N–H and O–H groups in total. The number of hydrogen-bond donors (Lipinski definition) is 0. The lowest BCUT2D eigenvalue weighted by atomic mass is 10.2. The molecule has 0 aliphatic carbocycles. The molecule has 80 valence electrons. The molecule has 0 spiro atoms. The Balaban J connectivity index is 2.75. The Morgan fingerprint density at radius 1 is 1.57 bits per heavy atom. The molecule has 14 heavy (non-hydrogen) atoms. The van der Waals surface area contributed by atoms with Gasteiger partial charge in [-0.15, -0.1) is 11.3 Å². The fraction of sp³-hybridized carbons (Fsp3) is 0.556. The van der Waals surface area contributed by atoms with E-state index in [-0.39, 0.29) is 11.2 Å². The summed E-state index contributed by atoms with van der Waals surface area (Å²) in [6.07, 6.45) is -0.167. The van der Waals surface area contributed by atoms with Crippen molar-refractivity contribution >= 4 is 43.2 Å². The fourth-order valence-electron chi connectivity index (χ4n) is 1.05. The van der Waals surface area contributed by atoms with Gasteiger partial charge in [-0.1, -0.05) is 15.9 Å². The predicted octanol–water partition coefficient (Wildman–Crippen LogP) is 5.30. The van der Waals surface area contributed by atoms with E-state index in [0.29, 0.717) is 0 Å². The molecule has 0 saturated heterocycles. The molecule has 0 radical (unpaired) electrons. The van der Waals surface area contributed by atoms with Crippen molar-refractivity contribution in [3.63, 3.8) is 0 Å². The Bertz CT molecular complexity index is 298. The second-order valence-electron chi connectivity index (χ2n) is 3.29. The van der Waals surface area contributed by atoms with Crippen molar-refractivity contribution in [2.24, 2.45) is 0 Å². The zero-order chi connectivity index (χ0) is 10.9. The zero-order valence-electron chi connectivity index (χ0n) is 7.78. The topological polar surface area (TPSA) is 0 Å². The van der Waals surface area contributed by atoms with E-state index in [4.69, 9.17) is 0 Å². The molecule has 0 aromatic carbocycles. The minimum atomic E-state index is -2.63. The maximum Gasteiger partial charge on any atom is 0.246 e. The van der Waals surface area contributed by atoms with Crippen molar-refractivity contribution in [3.8, 4) is 0 Å². The van der Waals surface area contributed by atoms with Gasteiger partial charge in [0.05, 0.1) is 4.83 Å². The van der Waals surface area contributed by atoms with Crippen LogP contribution in [0, 0.1) is 6.92 Å². The van der Waals surface area contributed by atoms with E-state index in [1.165, 1.54) is 11.3 Å². The van der Waals surface area contributed by atoms with Gasteiger partial charge in [0, 0.05) is 20.6 Å². The Morgan fingerprint density at radius 3 is 2.50 bits per heavy atom. The molecule has 5 heteroatoms. The van der Waals surface area contributed by atoms with Crippen LogP contribution in [0.5, 0.6) is 0 Å². The van der Waals surface area contributed by atoms with Crippen LogP contribution in [0.15, 0.2) is 10.5 Å². The van der Waals surface area contributed by atoms with Crippen LogP contribution in [0.1, 0.15) is 27.9 Å². The second kappa shape index (κ2) is 4.58. The molecule has 1 atom stereocenters. The first-order chi connectivity index (χ1) is 6.29. The van der Waals surface area contributed by atoms with Gasteiger partial charge >= 0.3 is 0 Å². The number of alkyl halides is 3. The molecule has 0 amide bonds. The van der Waals surface area contributed by atoms with Crippen LogP contribution in [0.3, 0.4) is 0 Å². The van der Waals surface area contributed by atoms with Gasteiger partial charge in [0.2, 0.25) is 5.92 Å². The molecule has 1 rings (SSSR count). The third-order valence-electron chi connectivity index (χ3n) is 1.72. The van der Waals surface area contributed by atoms with Crippen LogP contribution in [0.4, 0.5) is 8.78 Å². The van der Waals surface area contributed by atoms with Gasteiger partial charge in [0.25, 0.3) is 0 Å². The highest BCUT2D eigenvalue weighted by Gasteiger charge is 2.27. The number of halogens is 4. The molecule has 1 aromatic rings. The van der Waals surface area contributed by atoms with Gasteiger partial charge in [-0.05, 0) is 35.8 Å². The van der Waals surface area contributed by atoms with E-state index < -0.39 is 5.92 Å². The second-order valence-corrected chi connectivity index (χ2v) is 6.54. The molecule has 0 saturated carbocycles. The Kier molecular flexibility index (Phi) is 4.11. The van der Waals surface area contributed by atoms with Crippen LogP contribution < -0.4 is 0 Å². The van der Waals surface area contributed by atoms with Crippen molar-refractivity contribution < 1.29 is 8.78 Å². The third kappa shape index (κ3) is 3.59. The quantitative estimate of drug-likeness (QED) is 0.651. The van der Waals surface area contributed by atoms with Gasteiger partial charge in [0.1, 0.15) is 0 Å². The van der Waals surface area contributed by atoms with Crippen LogP contribution >= 0.6 is 43.2 Å². The van der Waals surface area contributed by atoms with Crippen molar-refractivity contribution in [2.45, 2.75) is 31.0 Å². The molecule has 0 aliphatic heterocycles. The summed E-state index contributed by atoms with van der Waals surface area (Å²) in [6.45, 7) is 2.90. The Labute approximate surface area is 103 Å². The van der Waals surface area contributed by atoms with Gasteiger partial charge in [-0.3, -0.25) is 0 Å². The largest absolute Gasteiger partial charge is 0.246 e. The average molecular weight is 348 g/mol. The number of aryl methyl sites for hydroxylation is 1. The number of rotatable bonds is 3. The lowest BCUT2D eigenvalue weighted by Crippen LogP contribution is -2.11. The molecular weight excluding hydrogens is 338 g/mol. The molecular formula is C9H10Br2F2S. The summed E-state index contributed by atoms with van der Waals surface area (Å²) in [4.78, 5) is 1.79. The summed E-state index contributed by atoms with van der Waals surface area (Å²) in [5, 5.41) is 0. The lowest BCUT2D eigenvalue weighted by Gasteiger charge is -2.13. The van der Waals surface area contributed by atoms with Gasteiger partial charge in [-0.2, -0.15) is 0 Å². The molecule has 1 aromatic heterocycles. The molecule has 0 nitrogen and oxygen atoms in total. The van der Waals surface area contributed by atoms with Crippen LogP contribution in [0.2, 0.25) is 0 Å². The van der Waals surface area contributed by atoms with Crippen LogP contribution in [-0.2, 0) is 0 Å². The predicted molar refractivity (Wildman–Crippen MR) is 63.7 cm³/mol. The van der Waals surface area contributed by atoms with Gasteiger partial charge in [0.15, 0.2) is 0 Å². The first-order valence-electron chi connectivity index (χ1n) is 4.07. The number of thiophene rings is 1. The monoisotopic (exact) mass is 346 g/mol. The highest BCUT2D eigenvalue weighted by molar-refractivity contribution is 9.10. The molecule has 0 bridgehead atoms. The highest BCUT2D eigenvalue weighted by atomic mass is 79.9. The van der Waals surface area contributed by atoms with E-state index in [9.17, 15) is 8.78 Å². The molecule has 1 heterocycles. The van der Waals surface area contributed by atoms with E-state index in [1.54, 1.807) is 0 Å². The summed E-state index contributed by atoms with van der Waals surface area (Å²) >= 11 is 8.18. The molecule has 1 unspecified atom stereocenters. The first-order valence-corrected chi connectivity index (χ1v) is 6.60. The van der Waals surface area contributed by atoms with E-state index in [1.807, 2.05) is 13.0 Å². The van der Waals surface area contributed by atoms with E-state index >= 15 is 0 Å². The average Bonchev–Trinajstić information content (AvgIpc) is 2.28. The molecule has 0 fully saturated rings. The van der Waals surface area contributed by atoms with Gasteiger partial charge < -0.3 is 0 Å². The minimum Gasteiger partial charge on any atom is -0.207 e. The standard InChI is InChI=1S/C9H10Br2F2S/c1-5-6(10)3-8(14-5)7(11)4-9(2,12)13/h3,7H,4H2,1-2H3. The SMILES string of the molecule is Cc1sc(C(Br)CC(C)(F)F)cc1Br. The highest BCUT2D eigenvalue weighted by Crippen LogP contribution is 2.40. The van der Waals surface area contributed by atoms with Crippen molar-refractivity contribution in [1.29, 1.82) is 0 Å². The summed E-state index contributed by atoms with van der Waals surface area (Å²) in [5.41, 5.74) is 0. The van der Waals surface area contributed by atoms with Crippen LogP contribution in [-0.4, -0.2) is 5.92 Å². The normalized spacial score (nSPS) is 14.4. The lowest BCUT2D eigenvalue weighted by molar-refractivity contribution is 0.0132. The zero-order valence-corrected chi connectivity index (χ0v) is 11.8. The minimum absolute atomic E-state index is 0.167. The maximum absolute atomic E-state index is 12.7. The first kappa shape index (κ1) is 12.6. The van der Waals surface area contributed by atoms with Crippen molar-refractivity contribution in [3.05, 3.63) is 20.3 Å². The summed E-state index contributed by atoms with van der Waals surface area (Å²) in [6, 6.07) is 1.89. The van der Waals surface area contributed by atoms with Crippen molar-refractivity contribution in [1.82, 2.24) is 0 Å². The Morgan fingerprint density at radius 2 is 2.14 bits per heavy atom. The van der Waals surface area contributed by atoms with Crippen LogP contribution in [0.25, 0.3) is 0 Å². The summed E-state index contributed by atoms with van der Waals surface area (Å²) in [5.74, 6) is -2.63. The smallest absolute Gasteiger partial charge is 0.207 e. The fourth-order valence-corrected chi connectivity index (χ4v) is 3.57. The number of hydrogen-bond acceptors (Lipinski definition) is 1. The van der Waals surface area contributed by atoms with E-state index in [0.717, 1.165) is 21.2 Å². The molecule has 0 aliphatic rings. The summed E-state index contributed by atoms with van der Waals surface area (Å²) in [7, 11) is 0. The maximum atomic E-state index is 12.7. The van der Waals surface area contributed by atoms with Crippen molar-refractivity contribution in [2.75, 3.05) is 0 Å². The Hall–Kier alpha value is 0.520. The summed E-state index contributed by atoms with van der Waals surface area (Å²) < 4.78 is 26.4.